The zero-order chi connectivity index (χ0) is 8.81. The third-order valence-corrected chi connectivity index (χ3v) is 2.22. The van der Waals surface area contributed by atoms with E-state index in [1.165, 1.54) is 6.54 Å². The van der Waals surface area contributed by atoms with Crippen LogP contribution in [-0.4, -0.2) is 48.8 Å². The molecular formula is C9H19N3. The molecule has 1 rings (SSSR count). The van der Waals surface area contributed by atoms with Crippen LogP contribution in [-0.2, 0) is 0 Å². The van der Waals surface area contributed by atoms with Gasteiger partial charge in [0.2, 0.25) is 0 Å². The Balaban J connectivity index is 2.21. The van der Waals surface area contributed by atoms with Gasteiger partial charge in [-0.1, -0.05) is 13.8 Å². The van der Waals surface area contributed by atoms with E-state index >= 15 is 0 Å². The molecule has 0 aliphatic carbocycles. The molecule has 70 valence electrons. The van der Waals surface area contributed by atoms with Crippen LogP contribution in [0.5, 0.6) is 0 Å². The monoisotopic (exact) mass is 169 g/mol. The fourth-order valence-corrected chi connectivity index (χ4v) is 1.37. The topological polar surface area (TPSA) is 18.8 Å². The van der Waals surface area contributed by atoms with Crippen molar-refractivity contribution in [3.8, 4) is 0 Å². The van der Waals surface area contributed by atoms with E-state index in [1.54, 1.807) is 0 Å². The molecule has 0 atom stereocenters. The number of hydrogen-bond donors (Lipinski definition) is 0. The summed E-state index contributed by atoms with van der Waals surface area (Å²) in [7, 11) is 0. The van der Waals surface area contributed by atoms with Gasteiger partial charge in [0.1, 0.15) is 0 Å². The van der Waals surface area contributed by atoms with Crippen molar-refractivity contribution < 1.29 is 0 Å². The molecule has 1 saturated heterocycles. The third-order valence-electron chi connectivity index (χ3n) is 2.22. The van der Waals surface area contributed by atoms with E-state index in [0.717, 1.165) is 32.6 Å². The van der Waals surface area contributed by atoms with Crippen LogP contribution in [0.1, 0.15) is 20.3 Å². The maximum Gasteiger partial charge on any atom is 0.0488 e. The molecule has 1 aliphatic rings. The predicted octanol–water partition coefficient (Wildman–Crippen LogP) is 1.02. The number of nitrogens with zero attached hydrogens (tertiary/aromatic N) is 3. The zero-order valence-corrected chi connectivity index (χ0v) is 8.16. The van der Waals surface area contributed by atoms with E-state index in [-0.39, 0.29) is 0 Å². The van der Waals surface area contributed by atoms with Crippen LogP contribution >= 0.6 is 0 Å². The molecule has 0 aromatic rings. The van der Waals surface area contributed by atoms with Gasteiger partial charge in [-0.25, -0.2) is 0 Å². The lowest BCUT2D eigenvalue weighted by Crippen LogP contribution is -2.43. The Morgan fingerprint density at radius 3 is 2.33 bits per heavy atom. The van der Waals surface area contributed by atoms with Crippen LogP contribution in [0.2, 0.25) is 0 Å². The molecule has 0 saturated carbocycles. The smallest absolute Gasteiger partial charge is 0.0488 e. The summed E-state index contributed by atoms with van der Waals surface area (Å²) < 4.78 is 0. The van der Waals surface area contributed by atoms with Crippen LogP contribution in [0.15, 0.2) is 5.10 Å². The van der Waals surface area contributed by atoms with Crippen molar-refractivity contribution in [1.29, 1.82) is 0 Å². The molecule has 0 bridgehead atoms. The van der Waals surface area contributed by atoms with Gasteiger partial charge in [-0.3, -0.25) is 9.91 Å². The Morgan fingerprint density at radius 1 is 1.17 bits per heavy atom. The summed E-state index contributed by atoms with van der Waals surface area (Å²) in [5.74, 6) is 0. The van der Waals surface area contributed by atoms with Gasteiger partial charge in [-0.2, -0.15) is 5.10 Å². The molecule has 0 radical (unpaired) electrons. The van der Waals surface area contributed by atoms with Crippen molar-refractivity contribution in [3.63, 3.8) is 0 Å². The molecule has 1 heterocycles. The van der Waals surface area contributed by atoms with E-state index in [4.69, 9.17) is 0 Å². The van der Waals surface area contributed by atoms with E-state index in [9.17, 15) is 0 Å². The fourth-order valence-electron chi connectivity index (χ4n) is 1.37. The molecule has 0 amide bonds. The minimum Gasteiger partial charge on any atom is -0.300 e. The first kappa shape index (κ1) is 9.52. The maximum absolute atomic E-state index is 4.35. The first-order chi connectivity index (χ1) is 5.86. The summed E-state index contributed by atoms with van der Waals surface area (Å²) in [6, 6.07) is 0. The van der Waals surface area contributed by atoms with Crippen LogP contribution in [0.3, 0.4) is 0 Å². The SMILES string of the molecule is CC/C=N/N1CCN(CC)CC1. The Morgan fingerprint density at radius 2 is 1.83 bits per heavy atom. The molecule has 0 spiro atoms. The highest BCUT2D eigenvalue weighted by Gasteiger charge is 2.12. The van der Waals surface area contributed by atoms with Crippen LogP contribution < -0.4 is 0 Å². The van der Waals surface area contributed by atoms with Crippen molar-refractivity contribution in [1.82, 2.24) is 9.91 Å². The Hall–Kier alpha value is -0.570. The van der Waals surface area contributed by atoms with E-state index in [2.05, 4.69) is 28.9 Å². The average Bonchev–Trinajstić information content (AvgIpc) is 2.15. The molecule has 0 unspecified atom stereocenters. The second-order valence-corrected chi connectivity index (χ2v) is 3.09. The third kappa shape index (κ3) is 2.81. The lowest BCUT2D eigenvalue weighted by molar-refractivity contribution is 0.141. The lowest BCUT2D eigenvalue weighted by Gasteiger charge is -2.32. The molecule has 0 N–H and O–H groups in total. The minimum atomic E-state index is 1.04. The van der Waals surface area contributed by atoms with E-state index < -0.39 is 0 Å². The molecule has 12 heavy (non-hydrogen) atoms. The summed E-state index contributed by atoms with van der Waals surface area (Å²) in [5.41, 5.74) is 0. The van der Waals surface area contributed by atoms with E-state index in [0.29, 0.717) is 0 Å². The number of piperazine rings is 1. The second kappa shape index (κ2) is 5.14. The minimum absolute atomic E-state index is 1.04. The molecule has 0 aromatic heterocycles. The van der Waals surface area contributed by atoms with Crippen LogP contribution in [0.4, 0.5) is 0 Å². The van der Waals surface area contributed by atoms with Crippen LogP contribution in [0, 0.1) is 0 Å². The lowest BCUT2D eigenvalue weighted by atomic mass is 10.3. The molecule has 1 fully saturated rings. The highest BCUT2D eigenvalue weighted by molar-refractivity contribution is 5.56. The van der Waals surface area contributed by atoms with Crippen molar-refractivity contribution >= 4 is 6.21 Å². The van der Waals surface area contributed by atoms with Gasteiger partial charge in [0.25, 0.3) is 0 Å². The molecule has 0 aromatic carbocycles. The molecule has 3 nitrogen and oxygen atoms in total. The van der Waals surface area contributed by atoms with Crippen molar-refractivity contribution in [2.45, 2.75) is 20.3 Å². The number of hydrazone groups is 1. The quantitative estimate of drug-likeness (QED) is 0.587. The number of likely N-dealkylation sites (N-methyl/N-ethyl adjacent to an activating group) is 1. The van der Waals surface area contributed by atoms with Gasteiger partial charge in [0, 0.05) is 32.4 Å². The van der Waals surface area contributed by atoms with Crippen molar-refractivity contribution in [3.05, 3.63) is 0 Å². The first-order valence-corrected chi connectivity index (χ1v) is 4.86. The summed E-state index contributed by atoms with van der Waals surface area (Å²) in [6.45, 7) is 10.0. The zero-order valence-electron chi connectivity index (χ0n) is 8.16. The molecule has 1 aliphatic heterocycles. The van der Waals surface area contributed by atoms with Gasteiger partial charge in [-0.05, 0) is 13.0 Å². The fraction of sp³-hybridized carbons (Fsp3) is 0.889. The average molecular weight is 169 g/mol. The van der Waals surface area contributed by atoms with Crippen molar-refractivity contribution in [2.75, 3.05) is 32.7 Å². The highest BCUT2D eigenvalue weighted by atomic mass is 15.5. The van der Waals surface area contributed by atoms with Gasteiger partial charge >= 0.3 is 0 Å². The molecule has 3 heteroatoms. The number of rotatable bonds is 3. The predicted molar refractivity (Wildman–Crippen MR) is 52.5 cm³/mol. The van der Waals surface area contributed by atoms with E-state index in [1.807, 2.05) is 6.21 Å². The maximum atomic E-state index is 4.35. The largest absolute Gasteiger partial charge is 0.300 e. The Labute approximate surface area is 75.0 Å². The second-order valence-electron chi connectivity index (χ2n) is 3.09. The molecular weight excluding hydrogens is 150 g/mol. The summed E-state index contributed by atoms with van der Waals surface area (Å²) in [6.07, 6.45) is 3.02. The van der Waals surface area contributed by atoms with Gasteiger partial charge in [-0.15, -0.1) is 0 Å². The van der Waals surface area contributed by atoms with Crippen LogP contribution in [0.25, 0.3) is 0 Å². The summed E-state index contributed by atoms with van der Waals surface area (Å²) in [4.78, 5) is 2.46. The van der Waals surface area contributed by atoms with Gasteiger partial charge in [0.15, 0.2) is 0 Å². The number of hydrogen-bond acceptors (Lipinski definition) is 3. The van der Waals surface area contributed by atoms with Crippen molar-refractivity contribution in [2.24, 2.45) is 5.10 Å². The standard InChI is InChI=1S/C9H19N3/c1-3-5-10-12-8-6-11(4-2)7-9-12/h5H,3-4,6-9H2,1-2H3/b10-5+. The summed E-state index contributed by atoms with van der Waals surface area (Å²) in [5, 5.41) is 6.51. The normalized spacial score (nSPS) is 20.7. The Kier molecular flexibility index (Phi) is 4.08. The van der Waals surface area contributed by atoms with Gasteiger partial charge in [0.05, 0.1) is 0 Å². The Bertz CT molecular complexity index is 137. The van der Waals surface area contributed by atoms with Gasteiger partial charge < -0.3 is 0 Å². The highest BCUT2D eigenvalue weighted by Crippen LogP contribution is 2.00. The first-order valence-electron chi connectivity index (χ1n) is 4.86. The summed E-state index contributed by atoms with van der Waals surface area (Å²) >= 11 is 0.